The summed E-state index contributed by atoms with van der Waals surface area (Å²) in [5.74, 6) is 1.17. The van der Waals surface area contributed by atoms with Crippen LogP contribution in [0, 0.1) is 29.1 Å². The first-order valence-corrected chi connectivity index (χ1v) is 5.55. The smallest absolute Gasteiger partial charge is 0.0809 e. The fourth-order valence-corrected chi connectivity index (χ4v) is 2.90. The molecule has 2 heterocycles. The Morgan fingerprint density at radius 3 is 2.64 bits per heavy atom. The average Bonchev–Trinajstić information content (AvgIpc) is 2.79. The van der Waals surface area contributed by atoms with Crippen molar-refractivity contribution in [3.8, 4) is 6.07 Å². The Morgan fingerprint density at radius 1 is 1.36 bits per heavy atom. The Bertz CT molecular complexity index is 279. The van der Waals surface area contributed by atoms with E-state index in [2.05, 4.69) is 32.1 Å². The minimum Gasteiger partial charge on any atom is -0.366 e. The largest absolute Gasteiger partial charge is 0.366 e. The molecule has 0 N–H and O–H groups in total. The van der Waals surface area contributed by atoms with Gasteiger partial charge >= 0.3 is 0 Å². The van der Waals surface area contributed by atoms with Gasteiger partial charge in [0.15, 0.2) is 0 Å². The van der Waals surface area contributed by atoms with Gasteiger partial charge in [0.25, 0.3) is 0 Å². The SMILES string of the molecule is CCC(C#N)C1C2C=CC(O2)C1CC. The Morgan fingerprint density at radius 2 is 2.07 bits per heavy atom. The fraction of sp³-hybridized carbons (Fsp3) is 0.750. The Labute approximate surface area is 85.6 Å². The molecule has 2 heteroatoms. The van der Waals surface area contributed by atoms with E-state index < -0.39 is 0 Å². The zero-order valence-corrected chi connectivity index (χ0v) is 8.81. The summed E-state index contributed by atoms with van der Waals surface area (Å²) < 4.78 is 5.81. The lowest BCUT2D eigenvalue weighted by molar-refractivity contribution is 0.0987. The minimum absolute atomic E-state index is 0.167. The van der Waals surface area contributed by atoms with Gasteiger partial charge in [0.1, 0.15) is 0 Å². The maximum atomic E-state index is 9.10. The van der Waals surface area contributed by atoms with Crippen LogP contribution >= 0.6 is 0 Å². The van der Waals surface area contributed by atoms with Gasteiger partial charge in [-0.2, -0.15) is 5.26 Å². The summed E-state index contributed by atoms with van der Waals surface area (Å²) in [6, 6.07) is 2.43. The highest BCUT2D eigenvalue weighted by Crippen LogP contribution is 2.45. The predicted octanol–water partition coefficient (Wildman–Crippen LogP) is 2.52. The van der Waals surface area contributed by atoms with E-state index in [4.69, 9.17) is 10.00 Å². The maximum absolute atomic E-state index is 9.10. The standard InChI is InChI=1S/C12H17NO/c1-3-8(7-13)12-9(4-2)10-5-6-11(12)14-10/h5-6,8-12H,3-4H2,1-2H3. The molecule has 0 aliphatic carbocycles. The molecule has 2 aliphatic rings. The van der Waals surface area contributed by atoms with Gasteiger partial charge in [-0.25, -0.2) is 0 Å². The van der Waals surface area contributed by atoms with Crippen LogP contribution in [0.3, 0.4) is 0 Å². The van der Waals surface area contributed by atoms with E-state index in [9.17, 15) is 0 Å². The van der Waals surface area contributed by atoms with Crippen LogP contribution in [0.1, 0.15) is 26.7 Å². The number of nitrogens with zero attached hydrogens (tertiary/aromatic N) is 1. The highest BCUT2D eigenvalue weighted by molar-refractivity contribution is 5.16. The van der Waals surface area contributed by atoms with Gasteiger partial charge in [0.2, 0.25) is 0 Å². The minimum atomic E-state index is 0.167. The third-order valence-corrected chi connectivity index (χ3v) is 3.64. The van der Waals surface area contributed by atoms with Gasteiger partial charge in [-0.05, 0) is 12.3 Å². The summed E-state index contributed by atoms with van der Waals surface area (Å²) in [7, 11) is 0. The highest BCUT2D eigenvalue weighted by Gasteiger charge is 2.47. The number of fused-ring (bicyclic) bond motifs is 2. The third-order valence-electron chi connectivity index (χ3n) is 3.64. The zero-order chi connectivity index (χ0) is 10.1. The van der Waals surface area contributed by atoms with E-state index in [-0.39, 0.29) is 18.1 Å². The number of ether oxygens (including phenoxy) is 1. The molecule has 2 nitrogen and oxygen atoms in total. The van der Waals surface area contributed by atoms with Crippen LogP contribution in [-0.4, -0.2) is 12.2 Å². The number of nitriles is 1. The molecule has 2 rings (SSSR count). The van der Waals surface area contributed by atoms with Gasteiger partial charge in [0.05, 0.1) is 24.2 Å². The van der Waals surface area contributed by atoms with Gasteiger partial charge < -0.3 is 4.74 Å². The topological polar surface area (TPSA) is 33.0 Å². The average molecular weight is 191 g/mol. The molecule has 0 aromatic carbocycles. The molecule has 2 bridgehead atoms. The highest BCUT2D eigenvalue weighted by atomic mass is 16.5. The van der Waals surface area contributed by atoms with Gasteiger partial charge in [-0.1, -0.05) is 32.4 Å². The summed E-state index contributed by atoms with van der Waals surface area (Å²) in [4.78, 5) is 0. The summed E-state index contributed by atoms with van der Waals surface area (Å²) in [5, 5.41) is 9.10. The van der Waals surface area contributed by atoms with E-state index >= 15 is 0 Å². The predicted molar refractivity (Wildman–Crippen MR) is 54.5 cm³/mol. The van der Waals surface area contributed by atoms with Crippen LogP contribution in [-0.2, 0) is 4.74 Å². The lowest BCUT2D eigenvalue weighted by Gasteiger charge is -2.27. The van der Waals surface area contributed by atoms with Crippen molar-refractivity contribution in [2.75, 3.05) is 0 Å². The number of hydrogen-bond donors (Lipinski definition) is 0. The van der Waals surface area contributed by atoms with Crippen LogP contribution < -0.4 is 0 Å². The first kappa shape index (κ1) is 9.73. The molecule has 0 amide bonds. The van der Waals surface area contributed by atoms with Crippen LogP contribution in [0.15, 0.2) is 12.2 Å². The summed E-state index contributed by atoms with van der Waals surface area (Å²) in [6.07, 6.45) is 6.87. The van der Waals surface area contributed by atoms with E-state index in [0.29, 0.717) is 11.8 Å². The molecule has 5 unspecified atom stereocenters. The molecule has 0 saturated carbocycles. The Kier molecular flexibility index (Phi) is 2.60. The third kappa shape index (κ3) is 1.27. The van der Waals surface area contributed by atoms with Crippen molar-refractivity contribution in [3.05, 3.63) is 12.2 Å². The second-order valence-corrected chi connectivity index (χ2v) is 4.24. The molecule has 5 atom stereocenters. The van der Waals surface area contributed by atoms with Crippen molar-refractivity contribution < 1.29 is 4.74 Å². The van der Waals surface area contributed by atoms with Crippen molar-refractivity contribution in [2.45, 2.75) is 38.9 Å². The molecule has 0 spiro atoms. The van der Waals surface area contributed by atoms with E-state index in [1.807, 2.05) is 0 Å². The molecular formula is C12H17NO. The summed E-state index contributed by atoms with van der Waals surface area (Å²) in [5.41, 5.74) is 0. The van der Waals surface area contributed by atoms with Crippen LogP contribution in [0.5, 0.6) is 0 Å². The van der Waals surface area contributed by atoms with Gasteiger partial charge in [-0.15, -0.1) is 0 Å². The number of hydrogen-bond acceptors (Lipinski definition) is 2. The lowest BCUT2D eigenvalue weighted by Crippen LogP contribution is -2.29. The molecule has 14 heavy (non-hydrogen) atoms. The summed E-state index contributed by atoms with van der Waals surface area (Å²) in [6.45, 7) is 4.29. The van der Waals surface area contributed by atoms with Gasteiger partial charge in [0, 0.05) is 5.92 Å². The van der Waals surface area contributed by atoms with E-state index in [1.165, 1.54) is 0 Å². The normalized spacial score (nSPS) is 41.2. The molecule has 1 fully saturated rings. The molecular weight excluding hydrogens is 174 g/mol. The van der Waals surface area contributed by atoms with Crippen LogP contribution in [0.4, 0.5) is 0 Å². The lowest BCUT2D eigenvalue weighted by atomic mass is 9.73. The van der Waals surface area contributed by atoms with Crippen LogP contribution in [0.25, 0.3) is 0 Å². The number of rotatable bonds is 3. The molecule has 0 aromatic rings. The monoisotopic (exact) mass is 191 g/mol. The molecule has 76 valence electrons. The van der Waals surface area contributed by atoms with E-state index in [0.717, 1.165) is 12.8 Å². The summed E-state index contributed by atoms with van der Waals surface area (Å²) >= 11 is 0. The van der Waals surface area contributed by atoms with Crippen molar-refractivity contribution in [1.29, 1.82) is 5.26 Å². The van der Waals surface area contributed by atoms with Crippen molar-refractivity contribution >= 4 is 0 Å². The van der Waals surface area contributed by atoms with E-state index in [1.54, 1.807) is 0 Å². The zero-order valence-electron chi connectivity index (χ0n) is 8.81. The van der Waals surface area contributed by atoms with Crippen molar-refractivity contribution in [1.82, 2.24) is 0 Å². The molecule has 2 aliphatic heterocycles. The molecule has 0 radical (unpaired) electrons. The molecule has 1 saturated heterocycles. The Balaban J connectivity index is 2.18. The van der Waals surface area contributed by atoms with Crippen molar-refractivity contribution in [3.63, 3.8) is 0 Å². The quantitative estimate of drug-likeness (QED) is 0.642. The first-order chi connectivity index (χ1) is 6.81. The van der Waals surface area contributed by atoms with Crippen molar-refractivity contribution in [2.24, 2.45) is 17.8 Å². The Hall–Kier alpha value is -0.810. The fourth-order valence-electron chi connectivity index (χ4n) is 2.90. The van der Waals surface area contributed by atoms with Crippen LogP contribution in [0.2, 0.25) is 0 Å². The maximum Gasteiger partial charge on any atom is 0.0809 e. The first-order valence-electron chi connectivity index (χ1n) is 5.55. The second kappa shape index (κ2) is 3.74. The van der Waals surface area contributed by atoms with Gasteiger partial charge in [-0.3, -0.25) is 0 Å². The molecule has 0 aromatic heterocycles. The second-order valence-electron chi connectivity index (χ2n) is 4.24.